The monoisotopic (exact) mass is 279 g/mol. The zero-order chi connectivity index (χ0) is 14.6. The van der Waals surface area contributed by atoms with E-state index in [9.17, 15) is 5.11 Å². The Morgan fingerprint density at radius 2 is 2.40 bits per heavy atom. The maximum absolute atomic E-state index is 10.6. The van der Waals surface area contributed by atoms with E-state index in [2.05, 4.69) is 37.3 Å². The molecule has 4 heteroatoms. The molecule has 1 fully saturated rings. The van der Waals surface area contributed by atoms with Crippen LogP contribution in [0.25, 0.3) is 0 Å². The first kappa shape index (κ1) is 15.5. The van der Waals surface area contributed by atoms with Crippen molar-refractivity contribution in [3.05, 3.63) is 18.0 Å². The van der Waals surface area contributed by atoms with E-state index in [0.717, 1.165) is 37.9 Å². The van der Waals surface area contributed by atoms with Crippen LogP contribution < -0.4 is 5.32 Å². The van der Waals surface area contributed by atoms with Crippen LogP contribution in [0.4, 0.5) is 0 Å². The summed E-state index contributed by atoms with van der Waals surface area (Å²) >= 11 is 0. The molecule has 4 nitrogen and oxygen atoms in total. The van der Waals surface area contributed by atoms with E-state index in [-0.39, 0.29) is 0 Å². The minimum absolute atomic E-state index is 0.451. The molecule has 0 amide bonds. The molecule has 0 aliphatic heterocycles. The van der Waals surface area contributed by atoms with Crippen LogP contribution in [-0.2, 0) is 6.54 Å². The highest BCUT2D eigenvalue weighted by Crippen LogP contribution is 2.31. The maximum Gasteiger partial charge on any atom is 0.0774 e. The molecule has 0 spiro atoms. The van der Waals surface area contributed by atoms with Crippen molar-refractivity contribution in [3.8, 4) is 0 Å². The lowest BCUT2D eigenvalue weighted by molar-refractivity contribution is -0.0119. The van der Waals surface area contributed by atoms with Gasteiger partial charge in [0.25, 0.3) is 0 Å². The lowest BCUT2D eigenvalue weighted by atomic mass is 9.79. The molecule has 0 aromatic carbocycles. The molecule has 20 heavy (non-hydrogen) atoms. The third-order valence-corrected chi connectivity index (χ3v) is 4.53. The quantitative estimate of drug-likeness (QED) is 0.842. The van der Waals surface area contributed by atoms with E-state index >= 15 is 0 Å². The minimum Gasteiger partial charge on any atom is -0.389 e. The highest BCUT2D eigenvalue weighted by atomic mass is 16.3. The average molecular weight is 279 g/mol. The van der Waals surface area contributed by atoms with Gasteiger partial charge in [-0.05, 0) is 38.2 Å². The number of hydrogen-bond acceptors (Lipinski definition) is 3. The van der Waals surface area contributed by atoms with Gasteiger partial charge in [0.05, 0.1) is 11.3 Å². The van der Waals surface area contributed by atoms with Crippen LogP contribution in [0.3, 0.4) is 0 Å². The molecule has 0 bridgehead atoms. The fraction of sp³-hybridized carbons (Fsp3) is 0.812. The molecule has 1 aliphatic rings. The standard InChI is InChI=1S/C16H29N3O/c1-4-14(3)19-9-7-15(18-19)11-17-12-16(20)8-5-6-13(2)10-16/h7,9,13-14,17,20H,4-6,8,10-12H2,1-3H3. The molecule has 1 aliphatic carbocycles. The molecule has 2 rings (SSSR count). The molecule has 1 heterocycles. The maximum atomic E-state index is 10.6. The van der Waals surface area contributed by atoms with Gasteiger partial charge in [-0.3, -0.25) is 4.68 Å². The van der Waals surface area contributed by atoms with Crippen molar-refractivity contribution in [1.82, 2.24) is 15.1 Å². The second-order valence-electron chi connectivity index (χ2n) is 6.57. The SMILES string of the molecule is CCC(C)n1ccc(CNCC2(O)CCCC(C)C2)n1. The molecule has 3 unspecified atom stereocenters. The first-order valence-electron chi connectivity index (χ1n) is 7.99. The molecule has 0 saturated heterocycles. The van der Waals surface area contributed by atoms with Gasteiger partial charge in [-0.2, -0.15) is 5.10 Å². The van der Waals surface area contributed by atoms with Crippen molar-refractivity contribution in [2.24, 2.45) is 5.92 Å². The van der Waals surface area contributed by atoms with Crippen LogP contribution in [0.15, 0.2) is 12.3 Å². The number of aliphatic hydroxyl groups is 1. The van der Waals surface area contributed by atoms with Crippen molar-refractivity contribution < 1.29 is 5.11 Å². The predicted molar refractivity (Wildman–Crippen MR) is 81.5 cm³/mol. The molecule has 1 aromatic rings. The van der Waals surface area contributed by atoms with E-state index in [4.69, 9.17) is 0 Å². The van der Waals surface area contributed by atoms with Crippen molar-refractivity contribution in [2.45, 2.75) is 71.1 Å². The van der Waals surface area contributed by atoms with E-state index < -0.39 is 5.60 Å². The summed E-state index contributed by atoms with van der Waals surface area (Å²) in [6.07, 6.45) is 7.37. The lowest BCUT2D eigenvalue weighted by Gasteiger charge is -2.35. The summed E-state index contributed by atoms with van der Waals surface area (Å²) in [4.78, 5) is 0. The molecule has 1 aromatic heterocycles. The van der Waals surface area contributed by atoms with Crippen molar-refractivity contribution in [1.29, 1.82) is 0 Å². The average Bonchev–Trinajstić information content (AvgIpc) is 2.86. The Bertz CT molecular complexity index is 418. The van der Waals surface area contributed by atoms with Crippen molar-refractivity contribution >= 4 is 0 Å². The van der Waals surface area contributed by atoms with Crippen LogP contribution in [0.2, 0.25) is 0 Å². The van der Waals surface area contributed by atoms with Crippen LogP contribution >= 0.6 is 0 Å². The first-order valence-corrected chi connectivity index (χ1v) is 7.99. The van der Waals surface area contributed by atoms with Gasteiger partial charge in [-0.25, -0.2) is 0 Å². The third-order valence-electron chi connectivity index (χ3n) is 4.53. The molecule has 3 atom stereocenters. The Kier molecular flexibility index (Phi) is 5.22. The van der Waals surface area contributed by atoms with Crippen LogP contribution in [0.1, 0.15) is 64.6 Å². The molecular weight excluding hydrogens is 250 g/mol. The third kappa shape index (κ3) is 4.06. The number of rotatable bonds is 6. The van der Waals surface area contributed by atoms with Crippen molar-refractivity contribution in [3.63, 3.8) is 0 Å². The normalized spacial score (nSPS) is 28.5. The van der Waals surface area contributed by atoms with E-state index in [1.54, 1.807) is 0 Å². The summed E-state index contributed by atoms with van der Waals surface area (Å²) in [7, 11) is 0. The highest BCUT2D eigenvalue weighted by Gasteiger charge is 2.32. The summed E-state index contributed by atoms with van der Waals surface area (Å²) in [5.41, 5.74) is 0.537. The summed E-state index contributed by atoms with van der Waals surface area (Å²) in [5, 5.41) is 18.5. The van der Waals surface area contributed by atoms with Crippen LogP contribution in [0.5, 0.6) is 0 Å². The summed E-state index contributed by atoms with van der Waals surface area (Å²) < 4.78 is 2.02. The van der Waals surface area contributed by atoms with E-state index in [1.807, 2.05) is 10.9 Å². The zero-order valence-electron chi connectivity index (χ0n) is 13.1. The van der Waals surface area contributed by atoms with Gasteiger partial charge in [0.1, 0.15) is 0 Å². The Balaban J connectivity index is 1.79. The number of hydrogen-bond donors (Lipinski definition) is 2. The van der Waals surface area contributed by atoms with Gasteiger partial charge in [0.2, 0.25) is 0 Å². The minimum atomic E-state index is -0.517. The Morgan fingerprint density at radius 3 is 3.10 bits per heavy atom. The first-order chi connectivity index (χ1) is 9.52. The molecule has 114 valence electrons. The molecule has 2 N–H and O–H groups in total. The Morgan fingerprint density at radius 1 is 1.60 bits per heavy atom. The Hall–Kier alpha value is -0.870. The largest absolute Gasteiger partial charge is 0.389 e. The van der Waals surface area contributed by atoms with E-state index in [1.165, 1.54) is 6.42 Å². The summed E-state index contributed by atoms with van der Waals surface area (Å²) in [5.74, 6) is 0.639. The predicted octanol–water partition coefficient (Wildman–Crippen LogP) is 2.88. The van der Waals surface area contributed by atoms with Gasteiger partial charge in [0.15, 0.2) is 0 Å². The van der Waals surface area contributed by atoms with E-state index in [0.29, 0.717) is 18.5 Å². The topological polar surface area (TPSA) is 50.1 Å². The van der Waals surface area contributed by atoms with Crippen molar-refractivity contribution in [2.75, 3.05) is 6.54 Å². The van der Waals surface area contributed by atoms with Gasteiger partial charge in [0, 0.05) is 25.3 Å². The lowest BCUT2D eigenvalue weighted by Crippen LogP contribution is -2.43. The van der Waals surface area contributed by atoms with Crippen LogP contribution in [-0.4, -0.2) is 27.0 Å². The number of aromatic nitrogens is 2. The van der Waals surface area contributed by atoms with Gasteiger partial charge in [-0.1, -0.05) is 26.7 Å². The number of nitrogens with one attached hydrogen (secondary N) is 1. The number of nitrogens with zero attached hydrogens (tertiary/aromatic N) is 2. The fourth-order valence-electron chi connectivity index (χ4n) is 3.12. The summed E-state index contributed by atoms with van der Waals surface area (Å²) in [6.45, 7) is 7.99. The second kappa shape index (κ2) is 6.72. The van der Waals surface area contributed by atoms with Crippen LogP contribution in [0, 0.1) is 5.92 Å². The van der Waals surface area contributed by atoms with Gasteiger partial charge in [-0.15, -0.1) is 0 Å². The summed E-state index contributed by atoms with van der Waals surface area (Å²) in [6, 6.07) is 2.51. The van der Waals surface area contributed by atoms with Gasteiger partial charge < -0.3 is 10.4 Å². The van der Waals surface area contributed by atoms with Gasteiger partial charge >= 0.3 is 0 Å². The molecular formula is C16H29N3O. The molecule has 0 radical (unpaired) electrons. The zero-order valence-corrected chi connectivity index (χ0v) is 13.1. The highest BCUT2D eigenvalue weighted by molar-refractivity contribution is 5.00. The second-order valence-corrected chi connectivity index (χ2v) is 6.57. The molecule has 1 saturated carbocycles. The smallest absolute Gasteiger partial charge is 0.0774 e. The fourth-order valence-corrected chi connectivity index (χ4v) is 3.12. The Labute approximate surface area is 122 Å².